The van der Waals surface area contributed by atoms with Crippen molar-refractivity contribution in [3.05, 3.63) is 42.5 Å². The number of hydrogen-bond acceptors (Lipinski definition) is 4. The van der Waals surface area contributed by atoms with Crippen LogP contribution in [0.1, 0.15) is 47.5 Å². The smallest absolute Gasteiger partial charge is 0.342 e. The van der Waals surface area contributed by atoms with E-state index in [4.69, 9.17) is 0 Å². The van der Waals surface area contributed by atoms with Gasteiger partial charge in [0.2, 0.25) is 17.7 Å². The van der Waals surface area contributed by atoms with E-state index in [1.54, 1.807) is 42.6 Å². The average molecular weight is 527 g/mol. The van der Waals surface area contributed by atoms with Crippen molar-refractivity contribution in [3.63, 3.8) is 0 Å². The van der Waals surface area contributed by atoms with Crippen molar-refractivity contribution in [1.82, 2.24) is 15.5 Å². The molecule has 0 unspecified atom stereocenters. The first kappa shape index (κ1) is 31.7. The zero-order chi connectivity index (χ0) is 28.5. The Morgan fingerprint density at radius 2 is 1.54 bits per heavy atom. The van der Waals surface area contributed by atoms with Crippen LogP contribution in [0.5, 0.6) is 0 Å². The molecule has 0 saturated heterocycles. The van der Waals surface area contributed by atoms with Crippen molar-refractivity contribution in [2.45, 2.75) is 71.8 Å². The molecule has 0 aliphatic rings. The molecule has 3 N–H and O–H groups in total. The van der Waals surface area contributed by atoms with Gasteiger partial charge >= 0.3 is 12.1 Å². The summed E-state index contributed by atoms with van der Waals surface area (Å²) in [6.07, 6.45) is -4.86. The van der Waals surface area contributed by atoms with Crippen LogP contribution in [0.15, 0.2) is 42.5 Å². The van der Waals surface area contributed by atoms with Gasteiger partial charge in [0.05, 0.1) is 0 Å². The molecule has 0 aliphatic carbocycles. The van der Waals surface area contributed by atoms with Crippen molar-refractivity contribution in [3.8, 4) is 0 Å². The highest BCUT2D eigenvalue weighted by Crippen LogP contribution is 2.18. The van der Waals surface area contributed by atoms with Gasteiger partial charge in [-0.2, -0.15) is 13.2 Å². The Hall–Kier alpha value is -3.37. The summed E-state index contributed by atoms with van der Waals surface area (Å²) in [6.45, 7) is 12.1. The first-order chi connectivity index (χ1) is 17.0. The van der Waals surface area contributed by atoms with E-state index in [-0.39, 0.29) is 12.3 Å². The number of likely N-dealkylation sites (N-methyl/N-ethyl adjacent to an activating group) is 1. The molecule has 0 bridgehead atoms. The maximum Gasteiger partial charge on any atom is 0.471 e. The number of nitrogens with zero attached hydrogens (tertiary/aromatic N) is 1. The molecule has 11 heteroatoms. The van der Waals surface area contributed by atoms with Crippen molar-refractivity contribution in [2.75, 3.05) is 12.4 Å². The highest BCUT2D eigenvalue weighted by molar-refractivity contribution is 5.99. The van der Waals surface area contributed by atoms with Gasteiger partial charge in [-0.25, -0.2) is 0 Å². The molecule has 37 heavy (non-hydrogen) atoms. The van der Waals surface area contributed by atoms with Crippen LogP contribution < -0.4 is 16.0 Å². The monoisotopic (exact) mass is 526 g/mol. The second kappa shape index (κ2) is 13.8. The number of rotatable bonds is 12. The van der Waals surface area contributed by atoms with Crippen LogP contribution in [0.2, 0.25) is 0 Å². The van der Waals surface area contributed by atoms with Gasteiger partial charge in [-0.15, -0.1) is 6.58 Å². The third-order valence-electron chi connectivity index (χ3n) is 5.51. The highest BCUT2D eigenvalue weighted by Gasteiger charge is 2.42. The van der Waals surface area contributed by atoms with Crippen LogP contribution in [0.3, 0.4) is 0 Å². The number of hydrogen-bond donors (Lipinski definition) is 3. The standard InChI is InChI=1S/C26H37F3N4O4/c1-15(2)13-19(31-23(35)21(17(5)6)32-25(37)26(27,28)29)24(36)33(7)20(14-16(3)4)22(34)30-18-11-9-8-10-12-18/h8-12,16-17,19-21H,1,13-14H2,2-7H3,(H,30,34)(H,31,35)(H,32,37)/t19-,20+,21+/m1/s1. The highest BCUT2D eigenvalue weighted by atomic mass is 19.4. The second-order valence-corrected chi connectivity index (χ2v) is 9.87. The van der Waals surface area contributed by atoms with E-state index in [0.29, 0.717) is 17.7 Å². The molecule has 0 radical (unpaired) electrons. The van der Waals surface area contributed by atoms with Gasteiger partial charge in [0.15, 0.2) is 0 Å². The van der Waals surface area contributed by atoms with Crippen LogP contribution >= 0.6 is 0 Å². The topological polar surface area (TPSA) is 108 Å². The number of carbonyl (C=O) groups is 4. The molecule has 0 heterocycles. The maximum atomic E-state index is 13.5. The van der Waals surface area contributed by atoms with Crippen LogP contribution in [0.4, 0.5) is 18.9 Å². The van der Waals surface area contributed by atoms with E-state index in [2.05, 4.69) is 17.2 Å². The van der Waals surface area contributed by atoms with E-state index in [0.717, 1.165) is 0 Å². The molecular formula is C26H37F3N4O4. The molecule has 0 saturated carbocycles. The number of halogens is 3. The minimum Gasteiger partial charge on any atom is -0.342 e. The molecule has 1 rings (SSSR count). The molecule has 0 spiro atoms. The van der Waals surface area contributed by atoms with E-state index < -0.39 is 53.8 Å². The second-order valence-electron chi connectivity index (χ2n) is 9.87. The van der Waals surface area contributed by atoms with Crippen LogP contribution in [-0.2, 0) is 19.2 Å². The Balaban J connectivity index is 3.18. The minimum atomic E-state index is -5.17. The first-order valence-electron chi connectivity index (χ1n) is 12.0. The summed E-state index contributed by atoms with van der Waals surface area (Å²) in [5.74, 6) is -4.90. The summed E-state index contributed by atoms with van der Waals surface area (Å²) in [6, 6.07) is 5.08. The SMILES string of the molecule is C=C(C)C[C@@H](NC(=O)[C@@H](NC(=O)C(F)(F)F)C(C)C)C(=O)N(C)[C@@H](CC(C)C)C(=O)Nc1ccccc1. The van der Waals surface area contributed by atoms with Crippen molar-refractivity contribution >= 4 is 29.3 Å². The average Bonchev–Trinajstić information content (AvgIpc) is 2.78. The minimum absolute atomic E-state index is 0.0123. The number of nitrogens with one attached hydrogen (secondary N) is 3. The fourth-order valence-electron chi connectivity index (χ4n) is 3.60. The third-order valence-corrected chi connectivity index (χ3v) is 5.51. The fourth-order valence-corrected chi connectivity index (χ4v) is 3.60. The number of alkyl halides is 3. The van der Waals surface area contributed by atoms with E-state index in [9.17, 15) is 32.3 Å². The number of para-hydroxylation sites is 1. The normalized spacial score (nSPS) is 13.9. The Morgan fingerprint density at radius 3 is 2.00 bits per heavy atom. The van der Waals surface area contributed by atoms with Gasteiger partial charge in [-0.1, -0.05) is 51.5 Å². The van der Waals surface area contributed by atoms with E-state index in [1.807, 2.05) is 13.8 Å². The fraction of sp³-hybridized carbons (Fsp3) is 0.538. The first-order valence-corrected chi connectivity index (χ1v) is 12.0. The van der Waals surface area contributed by atoms with Gasteiger partial charge in [-0.3, -0.25) is 19.2 Å². The van der Waals surface area contributed by atoms with Gasteiger partial charge in [0.1, 0.15) is 18.1 Å². The molecular weight excluding hydrogens is 489 g/mol. The zero-order valence-corrected chi connectivity index (χ0v) is 22.1. The molecule has 4 amide bonds. The van der Waals surface area contributed by atoms with Crippen LogP contribution in [0, 0.1) is 11.8 Å². The summed E-state index contributed by atoms with van der Waals surface area (Å²) in [4.78, 5) is 52.2. The lowest BCUT2D eigenvalue weighted by molar-refractivity contribution is -0.175. The quantitative estimate of drug-likeness (QED) is 0.362. The number of amides is 4. The summed E-state index contributed by atoms with van der Waals surface area (Å²) < 4.78 is 38.3. The number of anilines is 1. The zero-order valence-electron chi connectivity index (χ0n) is 22.1. The van der Waals surface area contributed by atoms with Crippen LogP contribution in [0.25, 0.3) is 0 Å². The Bertz CT molecular complexity index is 964. The van der Waals surface area contributed by atoms with E-state index >= 15 is 0 Å². The number of carbonyl (C=O) groups excluding carboxylic acids is 4. The summed E-state index contributed by atoms with van der Waals surface area (Å²) in [5.41, 5.74) is 1.08. The van der Waals surface area contributed by atoms with Gasteiger partial charge < -0.3 is 20.9 Å². The molecule has 3 atom stereocenters. The summed E-state index contributed by atoms with van der Waals surface area (Å²) in [7, 11) is 1.43. The van der Waals surface area contributed by atoms with Gasteiger partial charge in [0.25, 0.3) is 0 Å². The molecule has 206 valence electrons. The lowest BCUT2D eigenvalue weighted by Gasteiger charge is -2.33. The molecule has 8 nitrogen and oxygen atoms in total. The maximum absolute atomic E-state index is 13.5. The molecule has 0 aromatic heterocycles. The predicted octanol–water partition coefficient (Wildman–Crippen LogP) is 3.65. The van der Waals surface area contributed by atoms with Crippen molar-refractivity contribution in [1.29, 1.82) is 0 Å². The lowest BCUT2D eigenvalue weighted by atomic mass is 9.99. The Morgan fingerprint density at radius 1 is 0.973 bits per heavy atom. The molecule has 0 aliphatic heterocycles. The number of benzene rings is 1. The lowest BCUT2D eigenvalue weighted by Crippen LogP contribution is -2.58. The molecule has 0 fully saturated rings. The molecule has 1 aromatic carbocycles. The van der Waals surface area contributed by atoms with Crippen molar-refractivity contribution < 1.29 is 32.3 Å². The Labute approximate surface area is 216 Å². The van der Waals surface area contributed by atoms with Gasteiger partial charge in [0, 0.05) is 12.7 Å². The predicted molar refractivity (Wildman–Crippen MR) is 135 cm³/mol. The van der Waals surface area contributed by atoms with Crippen molar-refractivity contribution in [2.24, 2.45) is 11.8 Å². The summed E-state index contributed by atoms with van der Waals surface area (Å²) in [5, 5.41) is 6.93. The van der Waals surface area contributed by atoms with E-state index in [1.165, 1.54) is 25.8 Å². The third kappa shape index (κ3) is 10.3. The Kier molecular flexibility index (Phi) is 11.8. The summed E-state index contributed by atoms with van der Waals surface area (Å²) >= 11 is 0. The largest absolute Gasteiger partial charge is 0.471 e. The van der Waals surface area contributed by atoms with Crippen LogP contribution in [-0.4, -0.2) is 59.9 Å². The van der Waals surface area contributed by atoms with Gasteiger partial charge in [-0.05, 0) is 43.7 Å². The molecule has 1 aromatic rings.